The largest absolute Gasteiger partial charge is 0.383 e. The molecule has 0 radical (unpaired) electrons. The van der Waals surface area contributed by atoms with Crippen LogP contribution >= 0.6 is 23.2 Å². The van der Waals surface area contributed by atoms with Gasteiger partial charge in [0.2, 0.25) is 0 Å². The molecule has 2 rings (SSSR count). The summed E-state index contributed by atoms with van der Waals surface area (Å²) in [5, 5.41) is 4.90. The summed E-state index contributed by atoms with van der Waals surface area (Å²) in [6, 6.07) is 3.88. The van der Waals surface area contributed by atoms with Crippen LogP contribution in [0.2, 0.25) is 10.0 Å². The highest BCUT2D eigenvalue weighted by atomic mass is 35.5. The van der Waals surface area contributed by atoms with Crippen LogP contribution in [0.15, 0.2) is 12.1 Å². The molecule has 3 heteroatoms. The summed E-state index contributed by atoms with van der Waals surface area (Å²) >= 11 is 12.2. The average Bonchev–Trinajstić information content (AvgIpc) is 2.68. The molecule has 0 amide bonds. The Morgan fingerprint density at radius 1 is 1.24 bits per heavy atom. The van der Waals surface area contributed by atoms with Crippen LogP contribution in [-0.4, -0.2) is 6.54 Å². The summed E-state index contributed by atoms with van der Waals surface area (Å²) in [5.74, 6) is 0.582. The van der Waals surface area contributed by atoms with Crippen molar-refractivity contribution in [3.8, 4) is 0 Å². The molecule has 0 aliphatic carbocycles. The number of benzene rings is 1. The molecule has 1 nitrogen and oxygen atoms in total. The van der Waals surface area contributed by atoms with Gasteiger partial charge in [-0.1, -0.05) is 55.8 Å². The molecule has 0 saturated heterocycles. The molecular formula is C14H19Cl2N. The van der Waals surface area contributed by atoms with Gasteiger partial charge in [0.05, 0.1) is 10.7 Å². The third-order valence-corrected chi connectivity index (χ3v) is 3.97. The van der Waals surface area contributed by atoms with Gasteiger partial charge in [0.1, 0.15) is 0 Å². The SMILES string of the molecule is CCCCCCC1CNc2c(Cl)cc(Cl)cc21. The number of unbranched alkanes of at least 4 members (excludes halogenated alkanes) is 3. The number of anilines is 1. The molecule has 0 bridgehead atoms. The molecule has 94 valence electrons. The third-order valence-electron chi connectivity index (χ3n) is 3.46. The van der Waals surface area contributed by atoms with Crippen LogP contribution in [0.25, 0.3) is 0 Å². The van der Waals surface area contributed by atoms with E-state index in [9.17, 15) is 0 Å². The monoisotopic (exact) mass is 271 g/mol. The first-order chi connectivity index (χ1) is 8.22. The van der Waals surface area contributed by atoms with Gasteiger partial charge in [-0.2, -0.15) is 0 Å². The summed E-state index contributed by atoms with van der Waals surface area (Å²) in [6.07, 6.45) is 6.48. The Kier molecular flexibility index (Phi) is 4.58. The van der Waals surface area contributed by atoms with Gasteiger partial charge in [-0.3, -0.25) is 0 Å². The molecule has 1 aromatic rings. The Balaban J connectivity index is 2.01. The van der Waals surface area contributed by atoms with Crippen molar-refractivity contribution < 1.29 is 0 Å². The van der Waals surface area contributed by atoms with Gasteiger partial charge >= 0.3 is 0 Å². The van der Waals surface area contributed by atoms with Crippen LogP contribution in [0.5, 0.6) is 0 Å². The first-order valence-corrected chi connectivity index (χ1v) is 7.20. The van der Waals surface area contributed by atoms with Crippen molar-refractivity contribution in [1.82, 2.24) is 0 Å². The number of halogens is 2. The molecule has 0 fully saturated rings. The fraction of sp³-hybridized carbons (Fsp3) is 0.571. The average molecular weight is 272 g/mol. The van der Waals surface area contributed by atoms with Crippen molar-refractivity contribution in [2.24, 2.45) is 0 Å². The smallest absolute Gasteiger partial charge is 0.0655 e. The van der Waals surface area contributed by atoms with Crippen LogP contribution in [-0.2, 0) is 0 Å². The highest BCUT2D eigenvalue weighted by Crippen LogP contribution is 2.41. The molecular weight excluding hydrogens is 253 g/mol. The van der Waals surface area contributed by atoms with E-state index in [4.69, 9.17) is 23.2 Å². The molecule has 1 aromatic carbocycles. The van der Waals surface area contributed by atoms with Crippen LogP contribution in [0.4, 0.5) is 5.69 Å². The second-order valence-electron chi connectivity index (χ2n) is 4.78. The van der Waals surface area contributed by atoms with Crippen LogP contribution in [0.1, 0.15) is 50.5 Å². The lowest BCUT2D eigenvalue weighted by molar-refractivity contribution is 0.578. The van der Waals surface area contributed by atoms with Crippen molar-refractivity contribution >= 4 is 28.9 Å². The van der Waals surface area contributed by atoms with Crippen molar-refractivity contribution in [2.75, 3.05) is 11.9 Å². The summed E-state index contributed by atoms with van der Waals surface area (Å²) in [4.78, 5) is 0. The van der Waals surface area contributed by atoms with E-state index in [1.54, 1.807) is 0 Å². The quantitative estimate of drug-likeness (QED) is 0.700. The van der Waals surface area contributed by atoms with E-state index in [0.717, 1.165) is 22.3 Å². The van der Waals surface area contributed by atoms with E-state index in [1.807, 2.05) is 6.07 Å². The molecule has 0 saturated carbocycles. The van der Waals surface area contributed by atoms with E-state index >= 15 is 0 Å². The Morgan fingerprint density at radius 2 is 2.06 bits per heavy atom. The topological polar surface area (TPSA) is 12.0 Å². The summed E-state index contributed by atoms with van der Waals surface area (Å²) in [7, 11) is 0. The summed E-state index contributed by atoms with van der Waals surface area (Å²) < 4.78 is 0. The normalized spacial score (nSPS) is 17.9. The minimum Gasteiger partial charge on any atom is -0.383 e. The molecule has 1 atom stereocenters. The van der Waals surface area contributed by atoms with Crippen molar-refractivity contribution in [2.45, 2.75) is 44.9 Å². The first kappa shape index (κ1) is 13.0. The van der Waals surface area contributed by atoms with Crippen LogP contribution in [0, 0.1) is 0 Å². The lowest BCUT2D eigenvalue weighted by Crippen LogP contribution is -2.01. The molecule has 1 N–H and O–H groups in total. The van der Waals surface area contributed by atoms with Gasteiger partial charge in [-0.25, -0.2) is 0 Å². The summed E-state index contributed by atoms with van der Waals surface area (Å²) in [6.45, 7) is 3.24. The predicted molar refractivity (Wildman–Crippen MR) is 76.5 cm³/mol. The molecule has 1 aliphatic rings. The lowest BCUT2D eigenvalue weighted by atomic mass is 9.95. The molecule has 0 spiro atoms. The second-order valence-corrected chi connectivity index (χ2v) is 5.62. The fourth-order valence-corrected chi connectivity index (χ4v) is 3.09. The molecule has 1 unspecified atom stereocenters. The van der Waals surface area contributed by atoms with Gasteiger partial charge in [-0.15, -0.1) is 0 Å². The Morgan fingerprint density at radius 3 is 2.82 bits per heavy atom. The maximum atomic E-state index is 6.18. The fourth-order valence-electron chi connectivity index (χ4n) is 2.51. The van der Waals surface area contributed by atoms with Gasteiger partial charge in [-0.05, 0) is 24.1 Å². The standard InChI is InChI=1S/C14H19Cl2N/c1-2-3-4-5-6-10-9-17-14-12(10)7-11(15)8-13(14)16/h7-8,10,17H,2-6,9H2,1H3. The number of rotatable bonds is 5. The Labute approximate surface area is 114 Å². The van der Waals surface area contributed by atoms with Gasteiger partial charge < -0.3 is 5.32 Å². The van der Waals surface area contributed by atoms with E-state index in [2.05, 4.69) is 18.3 Å². The minimum absolute atomic E-state index is 0.582. The maximum Gasteiger partial charge on any atom is 0.0655 e. The number of nitrogens with one attached hydrogen (secondary N) is 1. The molecule has 17 heavy (non-hydrogen) atoms. The number of fused-ring (bicyclic) bond motifs is 1. The Hall–Kier alpha value is -0.400. The zero-order chi connectivity index (χ0) is 12.3. The minimum atomic E-state index is 0.582. The molecule has 0 aromatic heterocycles. The van der Waals surface area contributed by atoms with E-state index in [-0.39, 0.29) is 0 Å². The Bertz CT molecular complexity index is 390. The van der Waals surface area contributed by atoms with Crippen LogP contribution < -0.4 is 5.32 Å². The van der Waals surface area contributed by atoms with E-state index in [0.29, 0.717) is 5.92 Å². The van der Waals surface area contributed by atoms with Crippen molar-refractivity contribution in [1.29, 1.82) is 0 Å². The van der Waals surface area contributed by atoms with Crippen molar-refractivity contribution in [3.05, 3.63) is 27.7 Å². The molecule has 1 heterocycles. The van der Waals surface area contributed by atoms with Crippen LogP contribution in [0.3, 0.4) is 0 Å². The highest BCUT2D eigenvalue weighted by molar-refractivity contribution is 6.36. The second kappa shape index (κ2) is 5.97. The third kappa shape index (κ3) is 3.08. The zero-order valence-electron chi connectivity index (χ0n) is 10.2. The number of hydrogen-bond donors (Lipinski definition) is 1. The maximum absolute atomic E-state index is 6.18. The van der Waals surface area contributed by atoms with E-state index < -0.39 is 0 Å². The zero-order valence-corrected chi connectivity index (χ0v) is 11.7. The first-order valence-electron chi connectivity index (χ1n) is 6.45. The van der Waals surface area contributed by atoms with Gasteiger partial charge in [0.25, 0.3) is 0 Å². The molecule has 1 aliphatic heterocycles. The van der Waals surface area contributed by atoms with E-state index in [1.165, 1.54) is 37.7 Å². The summed E-state index contributed by atoms with van der Waals surface area (Å²) in [5.41, 5.74) is 2.40. The highest BCUT2D eigenvalue weighted by Gasteiger charge is 2.24. The predicted octanol–water partition coefficient (Wildman–Crippen LogP) is 5.47. The lowest BCUT2D eigenvalue weighted by Gasteiger charge is -2.10. The van der Waals surface area contributed by atoms with Crippen molar-refractivity contribution in [3.63, 3.8) is 0 Å². The van der Waals surface area contributed by atoms with Gasteiger partial charge in [0, 0.05) is 17.5 Å². The number of hydrogen-bond acceptors (Lipinski definition) is 1. The van der Waals surface area contributed by atoms with Gasteiger partial charge in [0.15, 0.2) is 0 Å².